The van der Waals surface area contributed by atoms with Gasteiger partial charge in [-0.05, 0) is 49.9 Å². The summed E-state index contributed by atoms with van der Waals surface area (Å²) in [6, 6.07) is 15.5. The van der Waals surface area contributed by atoms with Gasteiger partial charge in [-0.3, -0.25) is 9.59 Å². The molecule has 0 unspecified atom stereocenters. The molecule has 1 atom stereocenters. The Morgan fingerprint density at radius 1 is 1.13 bits per heavy atom. The second-order valence-electron chi connectivity index (χ2n) is 8.30. The van der Waals surface area contributed by atoms with Crippen LogP contribution in [0.5, 0.6) is 0 Å². The number of carbonyl (C=O) groups is 2. The number of benzene rings is 2. The van der Waals surface area contributed by atoms with Crippen LogP contribution in [0, 0.1) is 6.92 Å². The van der Waals surface area contributed by atoms with Gasteiger partial charge in [0.15, 0.2) is 0 Å². The predicted octanol–water partition coefficient (Wildman–Crippen LogP) is 5.36. The van der Waals surface area contributed by atoms with Crippen LogP contribution in [0.25, 0.3) is 0 Å². The van der Waals surface area contributed by atoms with E-state index < -0.39 is 6.04 Å². The van der Waals surface area contributed by atoms with Crippen molar-refractivity contribution in [3.8, 4) is 0 Å². The third-order valence-electron chi connectivity index (χ3n) is 5.73. The Morgan fingerprint density at radius 2 is 1.84 bits per heavy atom. The molecule has 0 heterocycles. The van der Waals surface area contributed by atoms with E-state index in [9.17, 15) is 9.59 Å². The van der Waals surface area contributed by atoms with E-state index in [2.05, 4.69) is 5.32 Å². The first-order valence-corrected chi connectivity index (χ1v) is 12.4. The van der Waals surface area contributed by atoms with Crippen LogP contribution < -0.4 is 5.32 Å². The number of carbonyl (C=O) groups excluding carboxylic acids is 2. The highest BCUT2D eigenvalue weighted by molar-refractivity contribution is 7.99. The minimum atomic E-state index is -0.513. The van der Waals surface area contributed by atoms with E-state index in [0.717, 1.165) is 36.8 Å². The van der Waals surface area contributed by atoms with Crippen molar-refractivity contribution < 1.29 is 9.59 Å². The summed E-state index contributed by atoms with van der Waals surface area (Å²) in [5, 5.41) is 3.84. The van der Waals surface area contributed by atoms with E-state index in [1.807, 2.05) is 62.4 Å². The molecular weight excluding hydrogens is 428 g/mol. The SMILES string of the molecule is Cc1ccc(CN(C(=O)CSCc2cccc(Cl)c2)[C@H](C)C(=O)NC2CCCC2)cc1. The molecule has 0 spiro atoms. The van der Waals surface area contributed by atoms with Crippen molar-refractivity contribution in [3.05, 3.63) is 70.2 Å². The molecular formula is C25H31ClN2O2S. The maximum Gasteiger partial charge on any atom is 0.242 e. The molecule has 0 bridgehead atoms. The van der Waals surface area contributed by atoms with Gasteiger partial charge in [-0.1, -0.05) is 66.4 Å². The van der Waals surface area contributed by atoms with Gasteiger partial charge in [-0.15, -0.1) is 11.8 Å². The molecule has 166 valence electrons. The lowest BCUT2D eigenvalue weighted by Crippen LogP contribution is -2.50. The molecule has 1 N–H and O–H groups in total. The van der Waals surface area contributed by atoms with Gasteiger partial charge in [-0.2, -0.15) is 0 Å². The highest BCUT2D eigenvalue weighted by Gasteiger charge is 2.28. The number of nitrogens with one attached hydrogen (secondary N) is 1. The zero-order valence-electron chi connectivity index (χ0n) is 18.3. The first-order valence-electron chi connectivity index (χ1n) is 10.9. The van der Waals surface area contributed by atoms with Crippen LogP contribution in [0.15, 0.2) is 48.5 Å². The van der Waals surface area contributed by atoms with Gasteiger partial charge in [0.1, 0.15) is 6.04 Å². The van der Waals surface area contributed by atoms with Crippen LogP contribution in [0.4, 0.5) is 0 Å². The molecule has 0 aliphatic heterocycles. The van der Waals surface area contributed by atoms with Gasteiger partial charge in [0, 0.05) is 23.4 Å². The molecule has 0 radical (unpaired) electrons. The summed E-state index contributed by atoms with van der Waals surface area (Å²) in [6.07, 6.45) is 4.37. The Hall–Kier alpha value is -1.98. The molecule has 3 rings (SSSR count). The van der Waals surface area contributed by atoms with E-state index in [-0.39, 0.29) is 17.9 Å². The number of hydrogen-bond donors (Lipinski definition) is 1. The van der Waals surface area contributed by atoms with Gasteiger partial charge in [0.25, 0.3) is 0 Å². The lowest BCUT2D eigenvalue weighted by molar-refractivity contribution is -0.138. The maximum atomic E-state index is 13.2. The smallest absolute Gasteiger partial charge is 0.242 e. The van der Waals surface area contributed by atoms with Crippen molar-refractivity contribution in [2.45, 2.75) is 63.9 Å². The fourth-order valence-electron chi connectivity index (χ4n) is 3.83. The molecule has 0 saturated heterocycles. The highest BCUT2D eigenvalue weighted by Crippen LogP contribution is 2.20. The van der Waals surface area contributed by atoms with Crippen LogP contribution in [-0.2, 0) is 21.9 Å². The average molecular weight is 459 g/mol. The summed E-state index contributed by atoms with van der Waals surface area (Å²) in [4.78, 5) is 27.8. The molecule has 4 nitrogen and oxygen atoms in total. The van der Waals surface area contributed by atoms with E-state index >= 15 is 0 Å². The third kappa shape index (κ3) is 7.29. The number of aryl methyl sites for hydroxylation is 1. The normalized spacial score (nSPS) is 14.9. The number of thioether (sulfide) groups is 1. The Bertz CT molecular complexity index is 881. The van der Waals surface area contributed by atoms with Crippen LogP contribution in [0.1, 0.15) is 49.3 Å². The molecule has 1 aliphatic rings. The van der Waals surface area contributed by atoms with E-state index in [1.165, 1.54) is 5.56 Å². The van der Waals surface area contributed by atoms with Crippen LogP contribution in [0.2, 0.25) is 5.02 Å². The summed E-state index contributed by atoms with van der Waals surface area (Å²) < 4.78 is 0. The summed E-state index contributed by atoms with van der Waals surface area (Å²) in [5.74, 6) is 0.932. The number of nitrogens with zero attached hydrogens (tertiary/aromatic N) is 1. The number of hydrogen-bond acceptors (Lipinski definition) is 3. The van der Waals surface area contributed by atoms with Crippen molar-refractivity contribution in [1.82, 2.24) is 10.2 Å². The standard InChI is InChI=1S/C25H31ClN2O2S/c1-18-10-12-20(13-11-18)15-28(19(2)25(30)27-23-8-3-4-9-23)24(29)17-31-16-21-6-5-7-22(26)14-21/h5-7,10-14,19,23H,3-4,8-9,15-17H2,1-2H3,(H,27,30)/t19-/m1/s1. The third-order valence-corrected chi connectivity index (χ3v) is 6.95. The Morgan fingerprint density at radius 3 is 2.52 bits per heavy atom. The second-order valence-corrected chi connectivity index (χ2v) is 9.72. The quantitative estimate of drug-likeness (QED) is 0.550. The summed E-state index contributed by atoms with van der Waals surface area (Å²) in [7, 11) is 0. The summed E-state index contributed by atoms with van der Waals surface area (Å²) >= 11 is 7.60. The summed E-state index contributed by atoms with van der Waals surface area (Å²) in [6.45, 7) is 4.30. The fraction of sp³-hybridized carbons (Fsp3) is 0.440. The van der Waals surface area contributed by atoms with Crippen molar-refractivity contribution in [2.75, 3.05) is 5.75 Å². The summed E-state index contributed by atoms with van der Waals surface area (Å²) in [5.41, 5.74) is 3.28. The van der Waals surface area contributed by atoms with E-state index in [4.69, 9.17) is 11.6 Å². The minimum Gasteiger partial charge on any atom is -0.352 e. The molecule has 6 heteroatoms. The van der Waals surface area contributed by atoms with Gasteiger partial charge in [-0.25, -0.2) is 0 Å². The van der Waals surface area contributed by atoms with Gasteiger partial charge < -0.3 is 10.2 Å². The monoisotopic (exact) mass is 458 g/mol. The molecule has 1 fully saturated rings. The van der Waals surface area contributed by atoms with Gasteiger partial charge in [0.2, 0.25) is 11.8 Å². The van der Waals surface area contributed by atoms with Crippen molar-refractivity contribution >= 4 is 35.2 Å². The molecule has 2 aromatic carbocycles. The van der Waals surface area contributed by atoms with E-state index in [0.29, 0.717) is 23.1 Å². The van der Waals surface area contributed by atoms with Gasteiger partial charge >= 0.3 is 0 Å². The van der Waals surface area contributed by atoms with Crippen molar-refractivity contribution in [2.24, 2.45) is 0 Å². The number of halogens is 1. The molecule has 2 amide bonds. The zero-order chi connectivity index (χ0) is 22.2. The Balaban J connectivity index is 1.64. The van der Waals surface area contributed by atoms with Crippen LogP contribution in [0.3, 0.4) is 0 Å². The Labute approximate surface area is 194 Å². The topological polar surface area (TPSA) is 49.4 Å². The van der Waals surface area contributed by atoms with E-state index in [1.54, 1.807) is 16.7 Å². The number of amides is 2. The zero-order valence-corrected chi connectivity index (χ0v) is 19.8. The van der Waals surface area contributed by atoms with Gasteiger partial charge in [0.05, 0.1) is 5.75 Å². The lowest BCUT2D eigenvalue weighted by atomic mass is 10.1. The average Bonchev–Trinajstić information content (AvgIpc) is 3.26. The molecule has 0 aromatic heterocycles. The molecule has 31 heavy (non-hydrogen) atoms. The first-order chi connectivity index (χ1) is 14.9. The maximum absolute atomic E-state index is 13.2. The molecule has 1 saturated carbocycles. The van der Waals surface area contributed by atoms with Crippen molar-refractivity contribution in [3.63, 3.8) is 0 Å². The lowest BCUT2D eigenvalue weighted by Gasteiger charge is -2.29. The minimum absolute atomic E-state index is 0.0262. The second kappa shape index (κ2) is 11.6. The fourth-order valence-corrected chi connectivity index (χ4v) is 4.90. The molecule has 2 aromatic rings. The van der Waals surface area contributed by atoms with Crippen molar-refractivity contribution in [1.29, 1.82) is 0 Å². The van der Waals surface area contributed by atoms with Crippen LogP contribution in [-0.4, -0.2) is 34.6 Å². The number of rotatable bonds is 9. The largest absolute Gasteiger partial charge is 0.352 e. The predicted molar refractivity (Wildman–Crippen MR) is 129 cm³/mol. The highest BCUT2D eigenvalue weighted by atomic mass is 35.5. The Kier molecular flexibility index (Phi) is 8.85. The first kappa shape index (κ1) is 23.7. The van der Waals surface area contributed by atoms with Crippen LogP contribution >= 0.6 is 23.4 Å². The molecule has 1 aliphatic carbocycles.